The summed E-state index contributed by atoms with van der Waals surface area (Å²) >= 11 is 0. The number of carbonyl (C=O) groups is 1. The Morgan fingerprint density at radius 3 is 2.68 bits per heavy atom. The van der Waals surface area contributed by atoms with Gasteiger partial charge in [0, 0.05) is 6.42 Å². The number of anilines is 2. The van der Waals surface area contributed by atoms with E-state index in [1.807, 2.05) is 0 Å². The van der Waals surface area contributed by atoms with Gasteiger partial charge in [-0.15, -0.1) is 0 Å². The molecule has 8 heteroatoms. The molecule has 2 heterocycles. The van der Waals surface area contributed by atoms with Crippen molar-refractivity contribution in [2.75, 3.05) is 10.2 Å². The zero-order valence-electron chi connectivity index (χ0n) is 13.9. The van der Waals surface area contributed by atoms with Crippen molar-refractivity contribution in [2.45, 2.75) is 50.6 Å². The molecule has 1 aliphatic carbocycles. The number of nitrogens with one attached hydrogen (secondary N) is 1. The molecule has 0 aromatic heterocycles. The van der Waals surface area contributed by atoms with Gasteiger partial charge in [-0.2, -0.15) is 4.99 Å². The van der Waals surface area contributed by atoms with Gasteiger partial charge >= 0.3 is 0 Å². The van der Waals surface area contributed by atoms with E-state index in [1.165, 1.54) is 12.1 Å². The van der Waals surface area contributed by atoms with Crippen molar-refractivity contribution in [1.29, 1.82) is 0 Å². The van der Waals surface area contributed by atoms with Crippen LogP contribution in [0.5, 0.6) is 0 Å². The minimum absolute atomic E-state index is 0.0893. The molecule has 0 saturated heterocycles. The molecular weight excluding hydrogens is 323 g/mol. The van der Waals surface area contributed by atoms with Crippen LogP contribution in [0, 0.1) is 5.82 Å². The Hall–Kier alpha value is -2.64. The maximum absolute atomic E-state index is 14.3. The van der Waals surface area contributed by atoms with E-state index in [1.54, 1.807) is 4.90 Å². The SMILES string of the molecule is NC1=NC2(CCCCC2)N(c2cc(F)cc3c2NC(=O)CC3)C(N)=N1. The predicted octanol–water partition coefficient (Wildman–Crippen LogP) is 1.82. The van der Waals surface area contributed by atoms with Gasteiger partial charge in [-0.05, 0) is 49.8 Å². The topological polar surface area (TPSA) is 109 Å². The first kappa shape index (κ1) is 15.9. The van der Waals surface area contributed by atoms with Crippen molar-refractivity contribution in [3.8, 4) is 0 Å². The Kier molecular flexibility index (Phi) is 3.63. The van der Waals surface area contributed by atoms with Crippen LogP contribution < -0.4 is 21.7 Å². The van der Waals surface area contributed by atoms with Crippen molar-refractivity contribution in [3.05, 3.63) is 23.5 Å². The molecular formula is C17H21FN6O. The number of fused-ring (bicyclic) bond motifs is 1. The molecule has 3 aliphatic rings. The van der Waals surface area contributed by atoms with Crippen molar-refractivity contribution >= 4 is 29.2 Å². The lowest BCUT2D eigenvalue weighted by atomic mass is 9.86. The quantitative estimate of drug-likeness (QED) is 0.722. The number of hydrogen-bond acceptors (Lipinski definition) is 6. The Bertz CT molecular complexity index is 797. The van der Waals surface area contributed by atoms with Gasteiger partial charge in [-0.1, -0.05) is 6.42 Å². The molecule has 7 nitrogen and oxygen atoms in total. The first-order chi connectivity index (χ1) is 12.0. The Morgan fingerprint density at radius 2 is 1.92 bits per heavy atom. The van der Waals surface area contributed by atoms with Gasteiger partial charge in [0.2, 0.25) is 17.8 Å². The van der Waals surface area contributed by atoms with E-state index in [4.69, 9.17) is 11.5 Å². The maximum atomic E-state index is 14.3. The van der Waals surface area contributed by atoms with E-state index in [2.05, 4.69) is 15.3 Å². The lowest BCUT2D eigenvalue weighted by Crippen LogP contribution is -2.58. The van der Waals surface area contributed by atoms with E-state index in [-0.39, 0.29) is 23.6 Å². The second kappa shape index (κ2) is 5.72. The van der Waals surface area contributed by atoms with E-state index < -0.39 is 5.66 Å². The summed E-state index contributed by atoms with van der Waals surface area (Å²) in [5.41, 5.74) is 13.3. The average molecular weight is 344 g/mol. The van der Waals surface area contributed by atoms with Gasteiger partial charge in [-0.25, -0.2) is 9.38 Å². The van der Waals surface area contributed by atoms with Crippen LogP contribution in [0.2, 0.25) is 0 Å². The second-order valence-electron chi connectivity index (χ2n) is 6.83. The molecule has 1 saturated carbocycles. The summed E-state index contributed by atoms with van der Waals surface area (Å²) in [6.45, 7) is 0. The summed E-state index contributed by atoms with van der Waals surface area (Å²) in [7, 11) is 0. The van der Waals surface area contributed by atoms with Gasteiger partial charge in [0.1, 0.15) is 11.5 Å². The highest BCUT2D eigenvalue weighted by molar-refractivity contribution is 6.09. The van der Waals surface area contributed by atoms with Crippen LogP contribution in [0.15, 0.2) is 22.1 Å². The third-order valence-corrected chi connectivity index (χ3v) is 5.14. The highest BCUT2D eigenvalue weighted by atomic mass is 19.1. The summed E-state index contributed by atoms with van der Waals surface area (Å²) in [5.74, 6) is -0.133. The zero-order valence-corrected chi connectivity index (χ0v) is 13.9. The van der Waals surface area contributed by atoms with Crippen LogP contribution in [0.25, 0.3) is 0 Å². The Morgan fingerprint density at radius 1 is 1.16 bits per heavy atom. The molecule has 1 fully saturated rings. The number of nitrogens with two attached hydrogens (primary N) is 2. The number of aryl methyl sites for hydroxylation is 1. The molecule has 25 heavy (non-hydrogen) atoms. The number of guanidine groups is 2. The summed E-state index contributed by atoms with van der Waals surface area (Å²) in [4.78, 5) is 22.4. The molecule has 4 rings (SSSR count). The third kappa shape index (κ3) is 2.61. The summed E-state index contributed by atoms with van der Waals surface area (Å²) in [5, 5.41) is 2.87. The first-order valence-corrected chi connectivity index (χ1v) is 8.60. The highest BCUT2D eigenvalue weighted by Gasteiger charge is 2.44. The molecule has 132 valence electrons. The molecule has 1 amide bonds. The maximum Gasteiger partial charge on any atom is 0.224 e. The van der Waals surface area contributed by atoms with E-state index in [0.29, 0.717) is 24.2 Å². The minimum atomic E-state index is -0.669. The van der Waals surface area contributed by atoms with Gasteiger partial charge in [0.05, 0.1) is 11.4 Å². The summed E-state index contributed by atoms with van der Waals surface area (Å²) < 4.78 is 14.3. The number of rotatable bonds is 1. The predicted molar refractivity (Wildman–Crippen MR) is 94.9 cm³/mol. The van der Waals surface area contributed by atoms with Crippen LogP contribution in [0.3, 0.4) is 0 Å². The Labute approximate surface area is 145 Å². The molecule has 0 unspecified atom stereocenters. The fourth-order valence-electron chi connectivity index (χ4n) is 4.09. The van der Waals surface area contributed by atoms with E-state index in [9.17, 15) is 9.18 Å². The Balaban J connectivity index is 1.89. The van der Waals surface area contributed by atoms with Crippen LogP contribution in [0.1, 0.15) is 44.1 Å². The van der Waals surface area contributed by atoms with Crippen molar-refractivity contribution < 1.29 is 9.18 Å². The molecule has 0 bridgehead atoms. The van der Waals surface area contributed by atoms with Crippen LogP contribution >= 0.6 is 0 Å². The normalized spacial score (nSPS) is 22.1. The fourth-order valence-corrected chi connectivity index (χ4v) is 4.09. The highest BCUT2D eigenvalue weighted by Crippen LogP contribution is 2.44. The summed E-state index contributed by atoms with van der Waals surface area (Å²) in [6.07, 6.45) is 5.41. The lowest BCUT2D eigenvalue weighted by Gasteiger charge is -2.46. The molecule has 1 aromatic rings. The molecule has 0 radical (unpaired) electrons. The monoisotopic (exact) mass is 344 g/mol. The number of hydrogen-bond donors (Lipinski definition) is 3. The van der Waals surface area contributed by atoms with Gasteiger partial charge in [-0.3, -0.25) is 9.69 Å². The fraction of sp³-hybridized carbons (Fsp3) is 0.471. The smallest absolute Gasteiger partial charge is 0.224 e. The minimum Gasteiger partial charge on any atom is -0.369 e. The van der Waals surface area contributed by atoms with Crippen LogP contribution in [0.4, 0.5) is 15.8 Å². The number of nitrogens with zero attached hydrogens (tertiary/aromatic N) is 3. The van der Waals surface area contributed by atoms with Crippen molar-refractivity contribution in [2.24, 2.45) is 21.5 Å². The molecule has 0 atom stereocenters. The van der Waals surface area contributed by atoms with Crippen molar-refractivity contribution in [3.63, 3.8) is 0 Å². The van der Waals surface area contributed by atoms with E-state index in [0.717, 1.165) is 37.7 Å². The van der Waals surface area contributed by atoms with Crippen LogP contribution in [-0.4, -0.2) is 23.5 Å². The molecule has 1 aromatic carbocycles. The van der Waals surface area contributed by atoms with Crippen molar-refractivity contribution in [1.82, 2.24) is 0 Å². The molecule has 2 aliphatic heterocycles. The lowest BCUT2D eigenvalue weighted by molar-refractivity contribution is -0.116. The zero-order chi connectivity index (χ0) is 17.6. The molecule has 5 N–H and O–H groups in total. The number of aliphatic imine (C=N–C) groups is 2. The van der Waals surface area contributed by atoms with Gasteiger partial charge < -0.3 is 16.8 Å². The third-order valence-electron chi connectivity index (χ3n) is 5.14. The second-order valence-corrected chi connectivity index (χ2v) is 6.83. The van der Waals surface area contributed by atoms with Gasteiger partial charge in [0.25, 0.3) is 0 Å². The number of amides is 1. The van der Waals surface area contributed by atoms with Crippen LogP contribution in [-0.2, 0) is 11.2 Å². The first-order valence-electron chi connectivity index (χ1n) is 8.60. The largest absolute Gasteiger partial charge is 0.369 e. The summed E-state index contributed by atoms with van der Waals surface area (Å²) in [6, 6.07) is 2.85. The number of halogens is 1. The number of benzene rings is 1. The standard InChI is InChI=1S/C17H21FN6O/c18-11-8-10-4-5-13(25)21-14(10)12(9-11)24-16(20)22-15(19)23-17(24)6-2-1-3-7-17/h8-9H,1-7H2,(H,21,25)(H4,19,20,22,23). The van der Waals surface area contributed by atoms with E-state index >= 15 is 0 Å². The average Bonchev–Trinajstić information content (AvgIpc) is 2.55. The number of carbonyl (C=O) groups excluding carboxylic acids is 1. The van der Waals surface area contributed by atoms with Gasteiger partial charge in [0.15, 0.2) is 0 Å². The molecule has 1 spiro atoms.